The third-order valence-electron chi connectivity index (χ3n) is 3.24. The summed E-state index contributed by atoms with van der Waals surface area (Å²) >= 11 is 15.9. The minimum atomic E-state index is 0.671. The van der Waals surface area contributed by atoms with Gasteiger partial charge in [0, 0.05) is 16.5 Å². The molecular formula is C16H16Cl2N2S2. The van der Waals surface area contributed by atoms with Crippen LogP contribution in [0.5, 0.6) is 0 Å². The lowest BCUT2D eigenvalue weighted by Gasteiger charge is -2.29. The summed E-state index contributed by atoms with van der Waals surface area (Å²) in [6.45, 7) is 1.83. The second-order valence-corrected chi connectivity index (χ2v) is 8.03. The van der Waals surface area contributed by atoms with Crippen LogP contribution < -0.4 is 5.32 Å². The van der Waals surface area contributed by atoms with Gasteiger partial charge in [-0.2, -0.15) is 0 Å². The second-order valence-electron chi connectivity index (χ2n) is 4.91. The summed E-state index contributed by atoms with van der Waals surface area (Å²) in [6, 6.07) is 14.2. The maximum absolute atomic E-state index is 6.28. The van der Waals surface area contributed by atoms with E-state index >= 15 is 0 Å². The van der Waals surface area contributed by atoms with Crippen LogP contribution in [0, 0.1) is 0 Å². The summed E-state index contributed by atoms with van der Waals surface area (Å²) in [5.41, 5.74) is 1.03. The Morgan fingerprint density at radius 1 is 1.18 bits per heavy atom. The van der Waals surface area contributed by atoms with Gasteiger partial charge in [-0.05, 0) is 48.4 Å². The number of thioether (sulfide) groups is 1. The van der Waals surface area contributed by atoms with E-state index in [-0.39, 0.29) is 0 Å². The van der Waals surface area contributed by atoms with Crippen molar-refractivity contribution in [2.45, 2.75) is 16.2 Å². The van der Waals surface area contributed by atoms with E-state index in [0.717, 1.165) is 36.0 Å². The van der Waals surface area contributed by atoms with Crippen molar-refractivity contribution in [2.24, 2.45) is 0 Å². The van der Waals surface area contributed by atoms with Gasteiger partial charge in [-0.3, -0.25) is 0 Å². The number of nitrogens with zero attached hydrogens (tertiary/aromatic N) is 1. The van der Waals surface area contributed by atoms with Crippen molar-refractivity contribution in [3.63, 3.8) is 0 Å². The number of halogens is 2. The van der Waals surface area contributed by atoms with Gasteiger partial charge >= 0.3 is 0 Å². The maximum atomic E-state index is 6.28. The molecule has 6 heteroatoms. The molecule has 2 aromatic rings. The third kappa shape index (κ3) is 4.27. The monoisotopic (exact) mass is 370 g/mol. The summed E-state index contributed by atoms with van der Waals surface area (Å²) < 4.78 is 2.30. The van der Waals surface area contributed by atoms with Crippen LogP contribution in [0.1, 0.15) is 6.42 Å². The molecule has 0 radical (unpaired) electrons. The Labute approximate surface area is 149 Å². The van der Waals surface area contributed by atoms with Crippen molar-refractivity contribution in [3.05, 3.63) is 52.5 Å². The topological polar surface area (TPSA) is 15.3 Å². The zero-order chi connectivity index (χ0) is 15.4. The molecule has 116 valence electrons. The molecule has 0 saturated carbocycles. The van der Waals surface area contributed by atoms with Crippen molar-refractivity contribution < 1.29 is 0 Å². The molecule has 22 heavy (non-hydrogen) atoms. The molecule has 0 atom stereocenters. The van der Waals surface area contributed by atoms with Gasteiger partial charge in [0.1, 0.15) is 0 Å². The highest BCUT2D eigenvalue weighted by Gasteiger charge is 2.19. The number of hydrogen-bond acceptors (Lipinski definition) is 4. The van der Waals surface area contributed by atoms with Gasteiger partial charge in [-0.1, -0.05) is 41.4 Å². The standard InChI is InChI=1S/C16H16Cl2N2S2/c17-12-9-14(18)16-15(10-12)19-11-20(22-16)7-4-8-21-13-5-2-1-3-6-13/h1-3,5-6,9-10,19H,4,7-8,11H2. The first-order valence-corrected chi connectivity index (χ1v) is 9.57. The maximum Gasteiger partial charge on any atom is 0.0778 e. The van der Waals surface area contributed by atoms with Crippen LogP contribution >= 0.6 is 46.9 Å². The molecular weight excluding hydrogens is 355 g/mol. The molecule has 1 N–H and O–H groups in total. The zero-order valence-corrected chi connectivity index (χ0v) is 15.0. The molecule has 2 aromatic carbocycles. The number of rotatable bonds is 5. The Morgan fingerprint density at radius 2 is 2.00 bits per heavy atom. The van der Waals surface area contributed by atoms with Crippen molar-refractivity contribution in [2.75, 3.05) is 24.3 Å². The normalized spacial score (nSPS) is 14.5. The fourth-order valence-electron chi connectivity index (χ4n) is 2.19. The average Bonchev–Trinajstić information content (AvgIpc) is 2.53. The number of hydrogen-bond donors (Lipinski definition) is 1. The van der Waals surface area contributed by atoms with Gasteiger partial charge in [-0.25, -0.2) is 4.31 Å². The van der Waals surface area contributed by atoms with Crippen LogP contribution in [-0.4, -0.2) is 23.3 Å². The summed E-state index contributed by atoms with van der Waals surface area (Å²) in [5, 5.41) is 4.76. The Balaban J connectivity index is 1.49. The quantitative estimate of drug-likeness (QED) is 0.402. The van der Waals surface area contributed by atoms with E-state index in [9.17, 15) is 0 Å². The molecule has 3 rings (SSSR count). The molecule has 0 fully saturated rings. The molecule has 0 bridgehead atoms. The first kappa shape index (κ1) is 16.3. The highest BCUT2D eigenvalue weighted by atomic mass is 35.5. The summed E-state index contributed by atoms with van der Waals surface area (Å²) in [6.07, 6.45) is 1.13. The molecule has 1 heterocycles. The van der Waals surface area contributed by atoms with Crippen LogP contribution in [-0.2, 0) is 0 Å². The highest BCUT2D eigenvalue weighted by molar-refractivity contribution is 7.99. The number of benzene rings is 2. The van der Waals surface area contributed by atoms with Crippen molar-refractivity contribution in [1.29, 1.82) is 0 Å². The van der Waals surface area contributed by atoms with Gasteiger partial charge in [0.2, 0.25) is 0 Å². The van der Waals surface area contributed by atoms with Crippen molar-refractivity contribution in [1.82, 2.24) is 4.31 Å². The minimum Gasteiger partial charge on any atom is -0.370 e. The fourth-order valence-corrected chi connectivity index (χ4v) is 4.63. The van der Waals surface area contributed by atoms with E-state index in [1.807, 2.05) is 23.9 Å². The van der Waals surface area contributed by atoms with Crippen LogP contribution in [0.15, 0.2) is 52.3 Å². The van der Waals surface area contributed by atoms with Crippen LogP contribution in [0.2, 0.25) is 10.0 Å². The van der Waals surface area contributed by atoms with Crippen LogP contribution in [0.4, 0.5) is 5.69 Å². The average molecular weight is 371 g/mol. The highest BCUT2D eigenvalue weighted by Crippen LogP contribution is 2.41. The zero-order valence-electron chi connectivity index (χ0n) is 11.9. The van der Waals surface area contributed by atoms with E-state index in [4.69, 9.17) is 23.2 Å². The Morgan fingerprint density at radius 3 is 2.82 bits per heavy atom. The van der Waals surface area contributed by atoms with E-state index in [0.29, 0.717) is 10.0 Å². The number of fused-ring (bicyclic) bond motifs is 1. The fraction of sp³-hybridized carbons (Fsp3) is 0.250. The van der Waals surface area contributed by atoms with Gasteiger partial charge in [0.15, 0.2) is 0 Å². The van der Waals surface area contributed by atoms with Crippen molar-refractivity contribution in [3.8, 4) is 0 Å². The van der Waals surface area contributed by atoms with E-state index in [1.54, 1.807) is 18.0 Å². The molecule has 0 amide bonds. The molecule has 1 aliphatic rings. The minimum absolute atomic E-state index is 0.671. The van der Waals surface area contributed by atoms with E-state index in [2.05, 4.69) is 33.9 Å². The second kappa shape index (κ2) is 7.84. The SMILES string of the molecule is Clc1cc(Cl)c2c(c1)NCN(CCCSc1ccccc1)S2. The van der Waals surface area contributed by atoms with Crippen LogP contribution in [0.25, 0.3) is 0 Å². The molecule has 0 aliphatic carbocycles. The number of anilines is 1. The lowest BCUT2D eigenvalue weighted by molar-refractivity contribution is 0.495. The third-order valence-corrected chi connectivity index (χ3v) is 6.16. The van der Waals surface area contributed by atoms with Gasteiger partial charge in [0.25, 0.3) is 0 Å². The van der Waals surface area contributed by atoms with Gasteiger partial charge in [-0.15, -0.1) is 11.8 Å². The summed E-state index contributed by atoms with van der Waals surface area (Å²) in [7, 11) is 0. The van der Waals surface area contributed by atoms with Crippen LogP contribution in [0.3, 0.4) is 0 Å². The smallest absolute Gasteiger partial charge is 0.0778 e. The van der Waals surface area contributed by atoms with Crippen molar-refractivity contribution >= 4 is 52.6 Å². The predicted octanol–water partition coefficient (Wildman–Crippen LogP) is 5.87. The Kier molecular flexibility index (Phi) is 5.83. The Hall–Kier alpha value is -0.520. The molecule has 0 aromatic heterocycles. The molecule has 1 aliphatic heterocycles. The van der Waals surface area contributed by atoms with Gasteiger partial charge in [0.05, 0.1) is 22.3 Å². The molecule has 2 nitrogen and oxygen atoms in total. The van der Waals surface area contributed by atoms with E-state index < -0.39 is 0 Å². The largest absolute Gasteiger partial charge is 0.370 e. The Bertz CT molecular complexity index is 638. The lowest BCUT2D eigenvalue weighted by Crippen LogP contribution is -2.28. The molecule has 0 spiro atoms. The first-order valence-electron chi connectivity index (χ1n) is 7.06. The first-order chi connectivity index (χ1) is 10.7. The summed E-state index contributed by atoms with van der Waals surface area (Å²) in [5.74, 6) is 1.11. The van der Waals surface area contributed by atoms with Gasteiger partial charge < -0.3 is 5.32 Å². The summed E-state index contributed by atoms with van der Waals surface area (Å²) in [4.78, 5) is 2.39. The van der Waals surface area contributed by atoms with E-state index in [1.165, 1.54) is 4.90 Å². The molecule has 0 saturated heterocycles. The number of nitrogens with one attached hydrogen (secondary N) is 1. The molecule has 0 unspecified atom stereocenters. The lowest BCUT2D eigenvalue weighted by atomic mass is 10.3. The predicted molar refractivity (Wildman–Crippen MR) is 99.3 cm³/mol.